The Morgan fingerprint density at radius 2 is 2.22 bits per heavy atom. The summed E-state index contributed by atoms with van der Waals surface area (Å²) in [5.74, 6) is 0.920. The van der Waals surface area contributed by atoms with Gasteiger partial charge in [0.05, 0.1) is 4.90 Å². The second-order valence-corrected chi connectivity index (χ2v) is 8.46. The molecule has 2 atom stereocenters. The number of sulfonamides is 1. The van der Waals surface area contributed by atoms with Crippen molar-refractivity contribution >= 4 is 33.4 Å². The second-order valence-electron chi connectivity index (χ2n) is 4.83. The fourth-order valence-corrected chi connectivity index (χ4v) is 6.43. The molecule has 0 spiro atoms. The van der Waals surface area contributed by atoms with E-state index in [-0.39, 0.29) is 6.04 Å². The molecule has 0 amide bonds. The van der Waals surface area contributed by atoms with E-state index in [9.17, 15) is 8.42 Å². The zero-order chi connectivity index (χ0) is 12.9. The van der Waals surface area contributed by atoms with E-state index in [4.69, 9.17) is 11.6 Å². The normalized spacial score (nSPS) is 27.9. The first-order valence-electron chi connectivity index (χ1n) is 5.88. The van der Waals surface area contributed by atoms with E-state index in [0.717, 1.165) is 17.7 Å². The number of benzene rings is 1. The van der Waals surface area contributed by atoms with Crippen LogP contribution < -0.4 is 0 Å². The second kappa shape index (κ2) is 4.40. The zero-order valence-corrected chi connectivity index (χ0v) is 12.4. The number of hydrogen-bond donors (Lipinski definition) is 0. The Morgan fingerprint density at radius 1 is 1.44 bits per heavy atom. The van der Waals surface area contributed by atoms with E-state index in [0.29, 0.717) is 21.7 Å². The summed E-state index contributed by atoms with van der Waals surface area (Å²) < 4.78 is 27.0. The van der Waals surface area contributed by atoms with Gasteiger partial charge in [-0.25, -0.2) is 8.42 Å². The Kier molecular flexibility index (Phi) is 3.13. The average molecular weight is 304 g/mol. The summed E-state index contributed by atoms with van der Waals surface area (Å²) in [5, 5.41) is 0.946. The number of aryl methyl sites for hydroxylation is 1. The van der Waals surface area contributed by atoms with Crippen molar-refractivity contribution in [3.05, 3.63) is 28.8 Å². The molecule has 1 aromatic carbocycles. The topological polar surface area (TPSA) is 37.4 Å². The van der Waals surface area contributed by atoms with Crippen molar-refractivity contribution in [1.82, 2.24) is 4.31 Å². The smallest absolute Gasteiger partial charge is 0.207 e. The molecule has 2 aliphatic heterocycles. The van der Waals surface area contributed by atoms with Crippen LogP contribution in [0.4, 0.5) is 0 Å². The third kappa shape index (κ3) is 1.97. The summed E-state index contributed by atoms with van der Waals surface area (Å²) in [7, 11) is -3.39. The number of rotatable bonds is 2. The lowest BCUT2D eigenvalue weighted by Gasteiger charge is -2.26. The highest BCUT2D eigenvalue weighted by Gasteiger charge is 2.45. The Hall–Kier alpha value is -0.230. The molecule has 6 heteroatoms. The molecule has 2 aliphatic rings. The van der Waals surface area contributed by atoms with Crippen LogP contribution in [0.5, 0.6) is 0 Å². The summed E-state index contributed by atoms with van der Waals surface area (Å²) >= 11 is 7.80. The molecular weight excluding hydrogens is 290 g/mol. The third-order valence-corrected chi connectivity index (χ3v) is 7.27. The zero-order valence-electron chi connectivity index (χ0n) is 9.97. The Balaban J connectivity index is 2.02. The molecule has 2 fully saturated rings. The number of fused-ring (bicyclic) bond motifs is 2. The Morgan fingerprint density at radius 3 is 2.83 bits per heavy atom. The molecule has 2 unspecified atom stereocenters. The highest BCUT2D eigenvalue weighted by atomic mass is 35.5. The fraction of sp³-hybridized carbons (Fsp3) is 0.500. The predicted molar refractivity (Wildman–Crippen MR) is 74.7 cm³/mol. The van der Waals surface area contributed by atoms with Gasteiger partial charge in [0.1, 0.15) is 0 Å². The van der Waals surface area contributed by atoms with Gasteiger partial charge in [0.2, 0.25) is 10.0 Å². The van der Waals surface area contributed by atoms with Gasteiger partial charge in [0.25, 0.3) is 0 Å². The molecule has 0 radical (unpaired) electrons. The molecule has 2 saturated heterocycles. The predicted octanol–water partition coefficient (Wildman–Crippen LogP) is 2.53. The minimum atomic E-state index is -3.39. The summed E-state index contributed by atoms with van der Waals surface area (Å²) in [6, 6.07) is 5.22. The van der Waals surface area contributed by atoms with Gasteiger partial charge >= 0.3 is 0 Å². The van der Waals surface area contributed by atoms with E-state index in [1.54, 1.807) is 22.5 Å². The third-order valence-electron chi connectivity index (χ3n) is 3.59. The lowest BCUT2D eigenvalue weighted by atomic mass is 10.2. The highest BCUT2D eigenvalue weighted by Crippen LogP contribution is 2.40. The van der Waals surface area contributed by atoms with E-state index in [2.05, 4.69) is 0 Å². The average Bonchev–Trinajstić information content (AvgIpc) is 2.94. The van der Waals surface area contributed by atoms with Crippen LogP contribution >= 0.6 is 23.4 Å². The number of hydrogen-bond acceptors (Lipinski definition) is 3. The van der Waals surface area contributed by atoms with Crippen molar-refractivity contribution in [1.29, 1.82) is 0 Å². The first-order valence-corrected chi connectivity index (χ1v) is 8.75. The van der Waals surface area contributed by atoms with Gasteiger partial charge in [-0.05, 0) is 31.0 Å². The Labute approximate surface area is 117 Å². The standard InChI is InChI=1S/C12H14ClNO2S2/c1-8-2-3-9(13)4-12(8)18(15,16)14-6-11-5-10(14)7-17-11/h2-4,10-11H,5-7H2,1H3. The first-order chi connectivity index (χ1) is 8.48. The van der Waals surface area contributed by atoms with Gasteiger partial charge < -0.3 is 0 Å². The van der Waals surface area contributed by atoms with Gasteiger partial charge in [-0.15, -0.1) is 0 Å². The van der Waals surface area contributed by atoms with Crippen LogP contribution in [0.1, 0.15) is 12.0 Å². The quantitative estimate of drug-likeness (QED) is 0.842. The first kappa shape index (κ1) is 12.8. The Bertz CT molecular complexity index is 588. The fourth-order valence-electron chi connectivity index (χ4n) is 2.64. The molecule has 3 rings (SSSR count). The summed E-state index contributed by atoms with van der Waals surface area (Å²) in [4.78, 5) is 0.354. The molecule has 0 aliphatic carbocycles. The molecule has 0 N–H and O–H groups in total. The molecule has 2 bridgehead atoms. The van der Waals surface area contributed by atoms with Crippen LogP contribution in [0.3, 0.4) is 0 Å². The number of thioether (sulfide) groups is 1. The van der Waals surface area contributed by atoms with Crippen molar-refractivity contribution in [3.63, 3.8) is 0 Å². The van der Waals surface area contributed by atoms with Gasteiger partial charge in [-0.1, -0.05) is 17.7 Å². The van der Waals surface area contributed by atoms with Gasteiger partial charge in [0, 0.05) is 28.6 Å². The van der Waals surface area contributed by atoms with E-state index < -0.39 is 10.0 Å². The molecule has 3 nitrogen and oxygen atoms in total. The maximum absolute atomic E-state index is 12.7. The minimum Gasteiger partial charge on any atom is -0.207 e. The lowest BCUT2D eigenvalue weighted by Crippen LogP contribution is -2.39. The summed E-state index contributed by atoms with van der Waals surface area (Å²) in [6.45, 7) is 2.45. The largest absolute Gasteiger partial charge is 0.243 e. The van der Waals surface area contributed by atoms with Crippen LogP contribution in [-0.4, -0.2) is 36.3 Å². The molecule has 18 heavy (non-hydrogen) atoms. The molecule has 98 valence electrons. The van der Waals surface area contributed by atoms with Crippen LogP contribution in [-0.2, 0) is 10.0 Å². The van der Waals surface area contributed by atoms with Crippen molar-refractivity contribution < 1.29 is 8.42 Å². The van der Waals surface area contributed by atoms with Gasteiger partial charge in [-0.2, -0.15) is 16.1 Å². The van der Waals surface area contributed by atoms with Crippen molar-refractivity contribution in [2.24, 2.45) is 0 Å². The van der Waals surface area contributed by atoms with Crippen molar-refractivity contribution in [2.75, 3.05) is 12.3 Å². The summed E-state index contributed by atoms with van der Waals surface area (Å²) in [6.07, 6.45) is 0.990. The van der Waals surface area contributed by atoms with E-state index in [1.807, 2.05) is 18.7 Å². The van der Waals surface area contributed by atoms with Gasteiger partial charge in [-0.3, -0.25) is 0 Å². The van der Waals surface area contributed by atoms with E-state index >= 15 is 0 Å². The summed E-state index contributed by atoms with van der Waals surface area (Å²) in [5.41, 5.74) is 0.759. The van der Waals surface area contributed by atoms with Crippen molar-refractivity contribution in [3.8, 4) is 0 Å². The minimum absolute atomic E-state index is 0.170. The van der Waals surface area contributed by atoms with Gasteiger partial charge in [0.15, 0.2) is 0 Å². The highest BCUT2D eigenvalue weighted by molar-refractivity contribution is 8.00. The SMILES string of the molecule is Cc1ccc(Cl)cc1S(=O)(=O)N1CC2CC1CS2. The van der Waals surface area contributed by atoms with E-state index in [1.165, 1.54) is 0 Å². The molecule has 2 heterocycles. The lowest BCUT2D eigenvalue weighted by molar-refractivity contribution is 0.409. The number of nitrogens with zero attached hydrogens (tertiary/aromatic N) is 1. The number of halogens is 1. The molecule has 0 aromatic heterocycles. The van der Waals surface area contributed by atoms with Crippen molar-refractivity contribution in [2.45, 2.75) is 29.5 Å². The maximum Gasteiger partial charge on any atom is 0.243 e. The molecular formula is C12H14ClNO2S2. The van der Waals surface area contributed by atoms with Crippen LogP contribution in [0.2, 0.25) is 5.02 Å². The molecule has 1 aromatic rings. The van der Waals surface area contributed by atoms with Crippen LogP contribution in [0.25, 0.3) is 0 Å². The monoisotopic (exact) mass is 303 g/mol. The van der Waals surface area contributed by atoms with Crippen LogP contribution in [0, 0.1) is 6.92 Å². The molecule has 0 saturated carbocycles. The maximum atomic E-state index is 12.7. The van der Waals surface area contributed by atoms with Crippen LogP contribution in [0.15, 0.2) is 23.1 Å².